The molecule has 0 aliphatic rings. The molecule has 0 amide bonds. The van der Waals surface area contributed by atoms with Crippen molar-refractivity contribution in [3.63, 3.8) is 0 Å². The summed E-state index contributed by atoms with van der Waals surface area (Å²) < 4.78 is 6.17. The molecule has 1 unspecified atom stereocenters. The monoisotopic (exact) mass is 350 g/mol. The summed E-state index contributed by atoms with van der Waals surface area (Å²) in [5.74, 6) is 0.715. The van der Waals surface area contributed by atoms with E-state index in [4.69, 9.17) is 10.5 Å². The summed E-state index contributed by atoms with van der Waals surface area (Å²) in [6.45, 7) is 2.01. The van der Waals surface area contributed by atoms with Gasteiger partial charge in [0.15, 0.2) is 0 Å². The molecule has 6 heteroatoms. The van der Waals surface area contributed by atoms with Crippen LogP contribution in [0.4, 0.5) is 5.69 Å². The summed E-state index contributed by atoms with van der Waals surface area (Å²) in [4.78, 5) is 10.6. The molecule has 2 aromatic carbocycles. The molecule has 5 nitrogen and oxygen atoms in total. The zero-order chi connectivity index (χ0) is 15.4. The third-order valence-electron chi connectivity index (χ3n) is 3.11. The van der Waals surface area contributed by atoms with Gasteiger partial charge in [-0.05, 0) is 46.1 Å². The maximum absolute atomic E-state index is 11.0. The van der Waals surface area contributed by atoms with Gasteiger partial charge in [0.05, 0.1) is 9.40 Å². The van der Waals surface area contributed by atoms with E-state index in [0.717, 1.165) is 12.0 Å². The molecule has 2 N–H and O–H groups in total. The maximum Gasteiger partial charge on any atom is 0.312 e. The van der Waals surface area contributed by atoms with Gasteiger partial charge in [-0.1, -0.05) is 25.1 Å². The smallest absolute Gasteiger partial charge is 0.312 e. The predicted molar refractivity (Wildman–Crippen MR) is 84.5 cm³/mol. The van der Waals surface area contributed by atoms with E-state index in [-0.39, 0.29) is 17.5 Å². The summed E-state index contributed by atoms with van der Waals surface area (Å²) in [6, 6.07) is 11.9. The van der Waals surface area contributed by atoms with Crippen LogP contribution in [0.15, 0.2) is 46.9 Å². The van der Waals surface area contributed by atoms with Crippen molar-refractivity contribution in [3.8, 4) is 11.5 Å². The van der Waals surface area contributed by atoms with Crippen molar-refractivity contribution < 1.29 is 9.66 Å². The van der Waals surface area contributed by atoms with Crippen LogP contribution in [-0.4, -0.2) is 4.92 Å². The number of nitrogens with two attached hydrogens (primary N) is 1. The Bertz CT molecular complexity index is 644. The van der Waals surface area contributed by atoms with Gasteiger partial charge in [0.25, 0.3) is 0 Å². The second-order valence-corrected chi connectivity index (χ2v) is 5.39. The van der Waals surface area contributed by atoms with E-state index in [1.54, 1.807) is 24.3 Å². The standard InChI is InChI=1S/C15H15BrN2O3/c1-2-13(17)10-6-8-11(9-7-10)21-15-12(16)4-3-5-14(15)18(19)20/h3-9,13H,2,17H2,1H3. The molecule has 1 atom stereocenters. The van der Waals surface area contributed by atoms with Gasteiger partial charge in [-0.2, -0.15) is 0 Å². The summed E-state index contributed by atoms with van der Waals surface area (Å²) in [5, 5.41) is 11.0. The highest BCUT2D eigenvalue weighted by atomic mass is 79.9. The second kappa shape index (κ2) is 6.69. The summed E-state index contributed by atoms with van der Waals surface area (Å²) in [5.41, 5.74) is 6.87. The average molecular weight is 351 g/mol. The number of nitro benzene ring substituents is 1. The molecule has 0 saturated heterocycles. The molecule has 0 radical (unpaired) electrons. The predicted octanol–water partition coefficient (Wildman–Crippen LogP) is 4.56. The first-order valence-electron chi connectivity index (χ1n) is 6.49. The Morgan fingerprint density at radius 1 is 1.29 bits per heavy atom. The SMILES string of the molecule is CCC(N)c1ccc(Oc2c(Br)cccc2[N+](=O)[O-])cc1. The Morgan fingerprint density at radius 3 is 2.52 bits per heavy atom. The molecule has 0 aliphatic heterocycles. The van der Waals surface area contributed by atoms with Gasteiger partial charge in [-0.3, -0.25) is 10.1 Å². The Morgan fingerprint density at radius 2 is 1.95 bits per heavy atom. The number of para-hydroxylation sites is 1. The minimum absolute atomic E-state index is 0.0168. The molecule has 0 bridgehead atoms. The Balaban J connectivity index is 2.28. The van der Waals surface area contributed by atoms with Crippen molar-refractivity contribution in [1.82, 2.24) is 0 Å². The molecule has 2 aromatic rings. The quantitative estimate of drug-likeness (QED) is 0.633. The lowest BCUT2D eigenvalue weighted by Gasteiger charge is -2.11. The van der Waals surface area contributed by atoms with E-state index < -0.39 is 4.92 Å². The van der Waals surface area contributed by atoms with Crippen molar-refractivity contribution in [2.24, 2.45) is 5.73 Å². The fraction of sp³-hybridized carbons (Fsp3) is 0.200. The fourth-order valence-corrected chi connectivity index (χ4v) is 2.32. The third kappa shape index (κ3) is 3.59. The number of ether oxygens (including phenoxy) is 1. The Labute approximate surface area is 131 Å². The van der Waals surface area contributed by atoms with Gasteiger partial charge >= 0.3 is 5.69 Å². The topological polar surface area (TPSA) is 78.4 Å². The van der Waals surface area contributed by atoms with Gasteiger partial charge in [0.1, 0.15) is 5.75 Å². The summed E-state index contributed by atoms with van der Waals surface area (Å²) in [6.07, 6.45) is 0.843. The van der Waals surface area contributed by atoms with Crippen LogP contribution in [0.1, 0.15) is 24.9 Å². The number of rotatable bonds is 5. The molecule has 0 aromatic heterocycles. The number of hydrogen-bond donors (Lipinski definition) is 1. The highest BCUT2D eigenvalue weighted by Gasteiger charge is 2.18. The first-order valence-corrected chi connectivity index (χ1v) is 7.28. The van der Waals surface area contributed by atoms with Gasteiger partial charge in [0.2, 0.25) is 5.75 Å². The van der Waals surface area contributed by atoms with E-state index >= 15 is 0 Å². The molecule has 0 heterocycles. The van der Waals surface area contributed by atoms with Gasteiger partial charge < -0.3 is 10.5 Å². The summed E-state index contributed by atoms with van der Waals surface area (Å²) >= 11 is 3.27. The van der Waals surface area contributed by atoms with Crippen LogP contribution < -0.4 is 10.5 Å². The van der Waals surface area contributed by atoms with Crippen molar-refractivity contribution in [3.05, 3.63) is 62.6 Å². The van der Waals surface area contributed by atoms with Gasteiger partial charge in [-0.25, -0.2) is 0 Å². The lowest BCUT2D eigenvalue weighted by molar-refractivity contribution is -0.385. The van der Waals surface area contributed by atoms with Crippen LogP contribution in [0.2, 0.25) is 0 Å². The number of nitrogens with zero attached hydrogens (tertiary/aromatic N) is 1. The van der Waals surface area contributed by atoms with E-state index in [0.29, 0.717) is 10.2 Å². The van der Waals surface area contributed by atoms with Crippen molar-refractivity contribution >= 4 is 21.6 Å². The van der Waals surface area contributed by atoms with Crippen LogP contribution in [0, 0.1) is 10.1 Å². The molecule has 2 rings (SSSR count). The van der Waals surface area contributed by atoms with E-state index in [1.807, 2.05) is 19.1 Å². The molecule has 0 saturated carbocycles. The van der Waals surface area contributed by atoms with E-state index in [1.165, 1.54) is 6.07 Å². The molecule has 110 valence electrons. The van der Waals surface area contributed by atoms with Crippen molar-refractivity contribution in [2.45, 2.75) is 19.4 Å². The number of halogens is 1. The summed E-state index contributed by atoms with van der Waals surface area (Å²) in [7, 11) is 0. The molecular formula is C15H15BrN2O3. The third-order valence-corrected chi connectivity index (χ3v) is 3.74. The highest BCUT2D eigenvalue weighted by molar-refractivity contribution is 9.10. The molecule has 0 aliphatic carbocycles. The molecular weight excluding hydrogens is 336 g/mol. The van der Waals surface area contributed by atoms with Crippen LogP contribution in [-0.2, 0) is 0 Å². The van der Waals surface area contributed by atoms with E-state index in [9.17, 15) is 10.1 Å². The van der Waals surface area contributed by atoms with Crippen LogP contribution in [0.3, 0.4) is 0 Å². The second-order valence-electron chi connectivity index (χ2n) is 4.53. The first kappa shape index (κ1) is 15.5. The van der Waals surface area contributed by atoms with E-state index in [2.05, 4.69) is 15.9 Å². The minimum Gasteiger partial charge on any atom is -0.449 e. The van der Waals surface area contributed by atoms with Crippen LogP contribution in [0.5, 0.6) is 11.5 Å². The maximum atomic E-state index is 11.0. The average Bonchev–Trinajstić information content (AvgIpc) is 2.49. The van der Waals surface area contributed by atoms with Gasteiger partial charge in [-0.15, -0.1) is 0 Å². The molecule has 0 spiro atoms. The number of benzene rings is 2. The van der Waals surface area contributed by atoms with Crippen LogP contribution >= 0.6 is 15.9 Å². The number of nitro groups is 1. The van der Waals surface area contributed by atoms with Crippen molar-refractivity contribution in [1.29, 1.82) is 0 Å². The van der Waals surface area contributed by atoms with Gasteiger partial charge in [0, 0.05) is 12.1 Å². The normalized spacial score (nSPS) is 12.0. The molecule has 0 fully saturated rings. The van der Waals surface area contributed by atoms with Crippen molar-refractivity contribution in [2.75, 3.05) is 0 Å². The first-order chi connectivity index (χ1) is 10.0. The minimum atomic E-state index is -0.471. The lowest BCUT2D eigenvalue weighted by atomic mass is 10.1. The fourth-order valence-electron chi connectivity index (χ4n) is 1.88. The Hall–Kier alpha value is -1.92. The highest BCUT2D eigenvalue weighted by Crippen LogP contribution is 2.38. The zero-order valence-corrected chi connectivity index (χ0v) is 13.0. The van der Waals surface area contributed by atoms with Crippen LogP contribution in [0.25, 0.3) is 0 Å². The number of hydrogen-bond acceptors (Lipinski definition) is 4. The molecule has 21 heavy (non-hydrogen) atoms. The Kier molecular flexibility index (Phi) is 4.93. The largest absolute Gasteiger partial charge is 0.449 e. The lowest BCUT2D eigenvalue weighted by Crippen LogP contribution is -2.08. The zero-order valence-electron chi connectivity index (χ0n) is 11.5.